The number of hydrogen-bond acceptors (Lipinski definition) is 4. The maximum atomic E-state index is 5.86. The number of nitrogens with one attached hydrogen (secondary N) is 1. The quantitative estimate of drug-likeness (QED) is 0.864. The molecule has 0 atom stereocenters. The van der Waals surface area contributed by atoms with Gasteiger partial charge in [-0.05, 0) is 43.0 Å². The number of hydrogen-bond donors (Lipinski definition) is 2. The second-order valence-corrected chi connectivity index (χ2v) is 5.09. The maximum absolute atomic E-state index is 5.86. The summed E-state index contributed by atoms with van der Waals surface area (Å²) >= 11 is 1.66. The number of nitrogen functional groups attached to an aromatic ring is 1. The summed E-state index contributed by atoms with van der Waals surface area (Å²) in [5, 5.41) is 5.38. The van der Waals surface area contributed by atoms with E-state index < -0.39 is 0 Å². The van der Waals surface area contributed by atoms with Crippen LogP contribution in [-0.4, -0.2) is 6.61 Å². The number of ether oxygens (including phenoxy) is 1. The lowest BCUT2D eigenvalue weighted by Gasteiger charge is -2.13. The SMILES string of the molecule is CCOc1cc(C)ccc1NCc1sccc1N. The van der Waals surface area contributed by atoms with Gasteiger partial charge in [-0.3, -0.25) is 0 Å². The van der Waals surface area contributed by atoms with Gasteiger partial charge in [0.15, 0.2) is 0 Å². The molecule has 2 aromatic rings. The molecule has 0 aliphatic heterocycles. The van der Waals surface area contributed by atoms with E-state index in [1.807, 2.05) is 30.5 Å². The molecule has 0 aliphatic carbocycles. The molecule has 1 heterocycles. The fourth-order valence-corrected chi connectivity index (χ4v) is 2.46. The predicted octanol–water partition coefficient (Wildman–Crippen LogP) is 3.65. The van der Waals surface area contributed by atoms with Gasteiger partial charge in [-0.1, -0.05) is 6.07 Å². The Balaban J connectivity index is 2.11. The van der Waals surface area contributed by atoms with Crippen LogP contribution in [0.3, 0.4) is 0 Å². The Labute approximate surface area is 112 Å². The Morgan fingerprint density at radius 2 is 2.17 bits per heavy atom. The molecule has 0 unspecified atom stereocenters. The molecule has 96 valence electrons. The normalized spacial score (nSPS) is 10.3. The predicted molar refractivity (Wildman–Crippen MR) is 78.4 cm³/mol. The molecule has 1 aromatic carbocycles. The second-order valence-electron chi connectivity index (χ2n) is 4.09. The van der Waals surface area contributed by atoms with Crippen LogP contribution < -0.4 is 15.8 Å². The van der Waals surface area contributed by atoms with E-state index in [4.69, 9.17) is 10.5 Å². The summed E-state index contributed by atoms with van der Waals surface area (Å²) in [5.74, 6) is 0.896. The summed E-state index contributed by atoms with van der Waals surface area (Å²) in [7, 11) is 0. The van der Waals surface area contributed by atoms with Crippen molar-refractivity contribution in [2.24, 2.45) is 0 Å². The van der Waals surface area contributed by atoms with Crippen LogP contribution in [0.15, 0.2) is 29.6 Å². The van der Waals surface area contributed by atoms with Crippen molar-refractivity contribution in [1.82, 2.24) is 0 Å². The Kier molecular flexibility index (Phi) is 4.10. The van der Waals surface area contributed by atoms with Gasteiger partial charge in [-0.2, -0.15) is 0 Å². The van der Waals surface area contributed by atoms with E-state index in [1.54, 1.807) is 11.3 Å². The van der Waals surface area contributed by atoms with Gasteiger partial charge in [-0.15, -0.1) is 11.3 Å². The molecule has 2 rings (SSSR count). The van der Waals surface area contributed by atoms with Crippen molar-refractivity contribution in [1.29, 1.82) is 0 Å². The number of anilines is 2. The van der Waals surface area contributed by atoms with E-state index in [2.05, 4.69) is 18.3 Å². The highest BCUT2D eigenvalue weighted by molar-refractivity contribution is 7.10. The van der Waals surface area contributed by atoms with Crippen molar-refractivity contribution < 1.29 is 4.74 Å². The van der Waals surface area contributed by atoms with Crippen molar-refractivity contribution in [3.63, 3.8) is 0 Å². The van der Waals surface area contributed by atoms with E-state index >= 15 is 0 Å². The van der Waals surface area contributed by atoms with Gasteiger partial charge >= 0.3 is 0 Å². The van der Waals surface area contributed by atoms with Crippen LogP contribution in [-0.2, 0) is 6.54 Å². The van der Waals surface area contributed by atoms with Crippen LogP contribution in [0, 0.1) is 6.92 Å². The lowest BCUT2D eigenvalue weighted by atomic mass is 10.2. The molecule has 3 N–H and O–H groups in total. The van der Waals surface area contributed by atoms with E-state index in [1.165, 1.54) is 5.56 Å². The van der Waals surface area contributed by atoms with Gasteiger partial charge in [0.05, 0.1) is 18.8 Å². The minimum Gasteiger partial charge on any atom is -0.492 e. The molecule has 4 heteroatoms. The maximum Gasteiger partial charge on any atom is 0.142 e. The number of nitrogens with two attached hydrogens (primary N) is 1. The van der Waals surface area contributed by atoms with E-state index in [0.717, 1.165) is 28.5 Å². The molecule has 0 aliphatic rings. The van der Waals surface area contributed by atoms with E-state index in [-0.39, 0.29) is 0 Å². The number of benzene rings is 1. The number of rotatable bonds is 5. The zero-order chi connectivity index (χ0) is 13.0. The fourth-order valence-electron chi connectivity index (χ4n) is 1.72. The Morgan fingerprint density at radius 1 is 1.33 bits per heavy atom. The molecule has 3 nitrogen and oxygen atoms in total. The van der Waals surface area contributed by atoms with Crippen LogP contribution in [0.25, 0.3) is 0 Å². The Hall–Kier alpha value is -1.68. The van der Waals surface area contributed by atoms with Crippen molar-refractivity contribution in [3.8, 4) is 5.75 Å². The summed E-state index contributed by atoms with van der Waals surface area (Å²) < 4.78 is 5.63. The zero-order valence-corrected chi connectivity index (χ0v) is 11.5. The first kappa shape index (κ1) is 12.8. The standard InChI is InChI=1S/C14H18N2OS/c1-3-17-13-8-10(2)4-5-12(13)16-9-14-11(15)6-7-18-14/h4-8,16H,3,9,15H2,1-2H3. The van der Waals surface area contributed by atoms with Crippen LogP contribution in [0.4, 0.5) is 11.4 Å². The minimum atomic E-state index is 0.666. The van der Waals surface area contributed by atoms with Crippen LogP contribution in [0.1, 0.15) is 17.4 Å². The lowest BCUT2D eigenvalue weighted by Crippen LogP contribution is -2.03. The molecule has 0 spiro atoms. The third-order valence-electron chi connectivity index (χ3n) is 2.66. The van der Waals surface area contributed by atoms with Crippen molar-refractivity contribution in [2.45, 2.75) is 20.4 Å². The average molecular weight is 262 g/mol. The second kappa shape index (κ2) is 5.78. The molecular weight excluding hydrogens is 244 g/mol. The van der Waals surface area contributed by atoms with Crippen molar-refractivity contribution in [3.05, 3.63) is 40.1 Å². The third-order valence-corrected chi connectivity index (χ3v) is 3.59. The summed E-state index contributed by atoms with van der Waals surface area (Å²) in [6.07, 6.45) is 0. The van der Waals surface area contributed by atoms with Gasteiger partial charge in [0.2, 0.25) is 0 Å². The molecule has 0 saturated heterocycles. The van der Waals surface area contributed by atoms with Crippen molar-refractivity contribution >= 4 is 22.7 Å². The molecule has 0 fully saturated rings. The first-order valence-corrected chi connectivity index (χ1v) is 6.88. The molecule has 0 amide bonds. The number of aryl methyl sites for hydroxylation is 1. The molecular formula is C14H18N2OS. The highest BCUT2D eigenvalue weighted by Crippen LogP contribution is 2.27. The Morgan fingerprint density at radius 3 is 2.83 bits per heavy atom. The first-order chi connectivity index (χ1) is 8.70. The monoisotopic (exact) mass is 262 g/mol. The van der Waals surface area contributed by atoms with Crippen LogP contribution in [0.5, 0.6) is 5.75 Å². The van der Waals surface area contributed by atoms with Gasteiger partial charge in [0.1, 0.15) is 5.75 Å². The smallest absolute Gasteiger partial charge is 0.142 e. The summed E-state index contributed by atoms with van der Waals surface area (Å²) in [6.45, 7) is 5.44. The molecule has 0 saturated carbocycles. The lowest BCUT2D eigenvalue weighted by molar-refractivity contribution is 0.341. The summed E-state index contributed by atoms with van der Waals surface area (Å²) in [5.41, 5.74) is 8.91. The summed E-state index contributed by atoms with van der Waals surface area (Å²) in [6, 6.07) is 8.09. The van der Waals surface area contributed by atoms with Crippen LogP contribution >= 0.6 is 11.3 Å². The average Bonchev–Trinajstić information content (AvgIpc) is 2.74. The van der Waals surface area contributed by atoms with E-state index in [0.29, 0.717) is 6.61 Å². The topological polar surface area (TPSA) is 47.3 Å². The number of thiophene rings is 1. The molecule has 0 radical (unpaired) electrons. The zero-order valence-electron chi connectivity index (χ0n) is 10.7. The van der Waals surface area contributed by atoms with Crippen molar-refractivity contribution in [2.75, 3.05) is 17.7 Å². The Bertz CT molecular complexity index is 522. The highest BCUT2D eigenvalue weighted by atomic mass is 32.1. The third kappa shape index (κ3) is 2.96. The van der Waals surface area contributed by atoms with Gasteiger partial charge in [0, 0.05) is 10.6 Å². The van der Waals surface area contributed by atoms with Gasteiger partial charge < -0.3 is 15.8 Å². The molecule has 18 heavy (non-hydrogen) atoms. The molecule has 0 bridgehead atoms. The molecule has 1 aromatic heterocycles. The fraction of sp³-hybridized carbons (Fsp3) is 0.286. The highest BCUT2D eigenvalue weighted by Gasteiger charge is 2.05. The minimum absolute atomic E-state index is 0.666. The van der Waals surface area contributed by atoms with E-state index in [9.17, 15) is 0 Å². The van der Waals surface area contributed by atoms with Crippen LogP contribution in [0.2, 0.25) is 0 Å². The van der Waals surface area contributed by atoms with Gasteiger partial charge in [-0.25, -0.2) is 0 Å². The van der Waals surface area contributed by atoms with Gasteiger partial charge in [0.25, 0.3) is 0 Å². The first-order valence-electron chi connectivity index (χ1n) is 6.00. The largest absolute Gasteiger partial charge is 0.492 e. The summed E-state index contributed by atoms with van der Waals surface area (Å²) in [4.78, 5) is 1.15.